The summed E-state index contributed by atoms with van der Waals surface area (Å²) in [6.45, 7) is 6.33. The molecule has 1 atom stereocenters. The molecular formula is C22H30O3. The predicted molar refractivity (Wildman–Crippen MR) is 103 cm³/mol. The van der Waals surface area contributed by atoms with E-state index in [0.717, 1.165) is 31.2 Å². The molecule has 1 unspecified atom stereocenters. The Labute approximate surface area is 151 Å². The predicted octanol–water partition coefficient (Wildman–Crippen LogP) is 5.74. The molecule has 3 heteroatoms. The van der Waals surface area contributed by atoms with Crippen LogP contribution in [0.2, 0.25) is 0 Å². The molecule has 0 heterocycles. The Morgan fingerprint density at radius 1 is 0.880 bits per heavy atom. The van der Waals surface area contributed by atoms with E-state index in [2.05, 4.69) is 32.9 Å². The lowest BCUT2D eigenvalue weighted by Gasteiger charge is -2.17. The Morgan fingerprint density at radius 3 is 2.20 bits per heavy atom. The van der Waals surface area contributed by atoms with Crippen molar-refractivity contribution in [2.24, 2.45) is 0 Å². The SMILES string of the molecule is COC1C=C(C)CCC=C(C)CCC=C(C)Cc2cc(O)c1cc2O. The van der Waals surface area contributed by atoms with Gasteiger partial charge in [-0.2, -0.15) is 0 Å². The minimum atomic E-state index is -0.366. The molecular weight excluding hydrogens is 312 g/mol. The molecule has 2 aliphatic carbocycles. The fourth-order valence-electron chi connectivity index (χ4n) is 3.20. The number of hydrogen-bond donors (Lipinski definition) is 2. The number of phenols is 2. The van der Waals surface area contributed by atoms with Crippen molar-refractivity contribution in [1.82, 2.24) is 0 Å². The van der Waals surface area contributed by atoms with Gasteiger partial charge in [0.25, 0.3) is 0 Å². The molecule has 0 spiro atoms. The third-order valence-corrected chi connectivity index (χ3v) is 4.76. The first kappa shape index (κ1) is 19.3. The Balaban J connectivity index is 2.44. The maximum Gasteiger partial charge on any atom is 0.122 e. The minimum absolute atomic E-state index is 0.166. The summed E-state index contributed by atoms with van der Waals surface area (Å²) in [5.41, 5.74) is 5.16. The summed E-state index contributed by atoms with van der Waals surface area (Å²) >= 11 is 0. The van der Waals surface area contributed by atoms with Crippen molar-refractivity contribution in [2.75, 3.05) is 7.11 Å². The van der Waals surface area contributed by atoms with E-state index in [4.69, 9.17) is 4.74 Å². The third-order valence-electron chi connectivity index (χ3n) is 4.76. The fourth-order valence-corrected chi connectivity index (χ4v) is 3.20. The lowest BCUT2D eigenvalue weighted by atomic mass is 9.97. The maximum absolute atomic E-state index is 10.4. The Hall–Kier alpha value is -2.00. The smallest absolute Gasteiger partial charge is 0.122 e. The summed E-state index contributed by atoms with van der Waals surface area (Å²) in [5.74, 6) is 0.371. The van der Waals surface area contributed by atoms with E-state index < -0.39 is 0 Å². The van der Waals surface area contributed by atoms with Crippen molar-refractivity contribution in [3.8, 4) is 11.5 Å². The van der Waals surface area contributed by atoms with Crippen LogP contribution in [0.15, 0.2) is 47.1 Å². The molecule has 0 saturated carbocycles. The Morgan fingerprint density at radius 2 is 1.52 bits per heavy atom. The summed E-state index contributed by atoms with van der Waals surface area (Å²) in [6, 6.07) is 3.29. The minimum Gasteiger partial charge on any atom is -0.508 e. The van der Waals surface area contributed by atoms with E-state index >= 15 is 0 Å². The first-order chi connectivity index (χ1) is 11.9. The van der Waals surface area contributed by atoms with Gasteiger partial charge in [0, 0.05) is 18.2 Å². The van der Waals surface area contributed by atoms with Crippen molar-refractivity contribution < 1.29 is 14.9 Å². The maximum atomic E-state index is 10.4. The number of allylic oxidation sites excluding steroid dienone is 5. The van der Waals surface area contributed by atoms with Crippen LogP contribution in [0.3, 0.4) is 0 Å². The fraction of sp³-hybridized carbons (Fsp3) is 0.455. The van der Waals surface area contributed by atoms with Gasteiger partial charge in [-0.15, -0.1) is 0 Å². The van der Waals surface area contributed by atoms with Crippen molar-refractivity contribution in [3.05, 3.63) is 58.2 Å². The van der Waals surface area contributed by atoms with E-state index in [1.807, 2.05) is 6.08 Å². The number of aromatic hydroxyl groups is 2. The number of hydrogen-bond acceptors (Lipinski definition) is 3. The molecule has 3 rings (SSSR count). The molecule has 2 N–H and O–H groups in total. The van der Waals surface area contributed by atoms with Crippen LogP contribution in [0, 0.1) is 0 Å². The van der Waals surface area contributed by atoms with E-state index in [-0.39, 0.29) is 17.6 Å². The number of ether oxygens (including phenoxy) is 1. The molecule has 0 radical (unpaired) electrons. The van der Waals surface area contributed by atoms with Crippen molar-refractivity contribution in [3.63, 3.8) is 0 Å². The zero-order valence-corrected chi connectivity index (χ0v) is 15.8. The number of fused-ring (bicyclic) bond motifs is 10. The van der Waals surface area contributed by atoms with E-state index in [0.29, 0.717) is 12.0 Å². The van der Waals surface area contributed by atoms with Gasteiger partial charge < -0.3 is 14.9 Å². The highest BCUT2D eigenvalue weighted by Crippen LogP contribution is 2.35. The van der Waals surface area contributed by atoms with Gasteiger partial charge in [0.2, 0.25) is 0 Å². The van der Waals surface area contributed by atoms with Gasteiger partial charge in [-0.3, -0.25) is 0 Å². The number of benzene rings is 1. The molecule has 1 aromatic carbocycles. The van der Waals surface area contributed by atoms with Crippen LogP contribution in [0.4, 0.5) is 0 Å². The molecule has 0 amide bonds. The van der Waals surface area contributed by atoms with Crippen LogP contribution in [0.25, 0.3) is 0 Å². The standard InChI is InChI=1S/C22H30O3/c1-15-7-5-9-16(2)11-18-13-21(24)19(14-20(18)23)22(25-4)12-17(3)10-6-8-15/h8-9,12-14,22-24H,5-7,10-11H2,1-4H3. The van der Waals surface area contributed by atoms with Gasteiger partial charge in [0.05, 0.1) is 0 Å². The van der Waals surface area contributed by atoms with Gasteiger partial charge in [-0.25, -0.2) is 0 Å². The molecule has 0 saturated heterocycles. The number of rotatable bonds is 1. The first-order valence-electron chi connectivity index (χ1n) is 8.96. The molecule has 0 fully saturated rings. The lowest BCUT2D eigenvalue weighted by molar-refractivity contribution is 0.139. The number of methoxy groups -OCH3 is 1. The van der Waals surface area contributed by atoms with Gasteiger partial charge in [0.1, 0.15) is 17.6 Å². The normalized spacial score (nSPS) is 20.0. The van der Waals surface area contributed by atoms with Crippen LogP contribution in [-0.4, -0.2) is 17.3 Å². The average molecular weight is 342 g/mol. The molecule has 3 nitrogen and oxygen atoms in total. The van der Waals surface area contributed by atoms with Crippen LogP contribution >= 0.6 is 0 Å². The summed E-state index contributed by atoms with van der Waals surface area (Å²) in [6.07, 6.45) is 10.8. The van der Waals surface area contributed by atoms with Crippen LogP contribution in [0.1, 0.15) is 63.7 Å². The van der Waals surface area contributed by atoms with Crippen molar-refractivity contribution >= 4 is 0 Å². The van der Waals surface area contributed by atoms with Gasteiger partial charge >= 0.3 is 0 Å². The molecule has 2 aliphatic rings. The third kappa shape index (κ3) is 5.50. The van der Waals surface area contributed by atoms with Crippen LogP contribution < -0.4 is 0 Å². The summed E-state index contributed by atoms with van der Waals surface area (Å²) in [7, 11) is 1.62. The summed E-state index contributed by atoms with van der Waals surface area (Å²) in [5, 5.41) is 20.8. The quantitative estimate of drug-likeness (QED) is 0.505. The van der Waals surface area contributed by atoms with Gasteiger partial charge in [-0.05, 0) is 65.0 Å². The zero-order valence-electron chi connectivity index (χ0n) is 15.8. The van der Waals surface area contributed by atoms with E-state index in [1.165, 1.54) is 16.7 Å². The molecule has 25 heavy (non-hydrogen) atoms. The van der Waals surface area contributed by atoms with Crippen LogP contribution in [0.5, 0.6) is 11.5 Å². The molecule has 1 aromatic rings. The van der Waals surface area contributed by atoms with Crippen LogP contribution in [-0.2, 0) is 11.2 Å². The molecule has 0 aliphatic heterocycles. The molecule has 0 aromatic heterocycles. The highest BCUT2D eigenvalue weighted by Gasteiger charge is 2.16. The van der Waals surface area contributed by atoms with Gasteiger partial charge in [-0.1, -0.05) is 34.9 Å². The topological polar surface area (TPSA) is 49.7 Å². The van der Waals surface area contributed by atoms with Crippen molar-refractivity contribution in [2.45, 2.75) is 59.0 Å². The molecule has 2 bridgehead atoms. The van der Waals surface area contributed by atoms with Crippen molar-refractivity contribution in [1.29, 1.82) is 0 Å². The highest BCUT2D eigenvalue weighted by molar-refractivity contribution is 5.48. The van der Waals surface area contributed by atoms with E-state index in [1.54, 1.807) is 19.2 Å². The average Bonchev–Trinajstić information content (AvgIpc) is 2.55. The largest absolute Gasteiger partial charge is 0.508 e. The second-order valence-corrected chi connectivity index (χ2v) is 7.06. The molecule has 136 valence electrons. The van der Waals surface area contributed by atoms with Gasteiger partial charge in [0.15, 0.2) is 0 Å². The first-order valence-corrected chi connectivity index (χ1v) is 8.96. The second kappa shape index (κ2) is 8.91. The lowest BCUT2D eigenvalue weighted by Crippen LogP contribution is -2.01. The summed E-state index contributed by atoms with van der Waals surface area (Å²) in [4.78, 5) is 0. The number of phenolic OH excluding ortho intramolecular Hbond substituents is 2. The Kier molecular flexibility index (Phi) is 6.89. The Bertz CT molecular complexity index is 695. The summed E-state index contributed by atoms with van der Waals surface area (Å²) < 4.78 is 5.55. The van der Waals surface area contributed by atoms with E-state index in [9.17, 15) is 10.2 Å². The zero-order chi connectivity index (χ0) is 18.4. The monoisotopic (exact) mass is 342 g/mol. The highest BCUT2D eigenvalue weighted by atomic mass is 16.5. The second-order valence-electron chi connectivity index (χ2n) is 7.06.